The number of oxazole rings is 1. The van der Waals surface area contributed by atoms with Crippen LogP contribution in [0.1, 0.15) is 29.5 Å². The van der Waals surface area contributed by atoms with Crippen molar-refractivity contribution in [2.24, 2.45) is 5.92 Å². The Morgan fingerprint density at radius 2 is 1.80 bits per heavy atom. The van der Waals surface area contributed by atoms with E-state index in [-0.39, 0.29) is 5.92 Å². The molecule has 1 aliphatic rings. The molecule has 0 fully saturated rings. The van der Waals surface area contributed by atoms with E-state index in [1.807, 2.05) is 54.6 Å². The predicted octanol–water partition coefficient (Wildman–Crippen LogP) is 5.37. The van der Waals surface area contributed by atoms with Gasteiger partial charge in [0.25, 0.3) is 0 Å². The van der Waals surface area contributed by atoms with E-state index in [0.29, 0.717) is 17.3 Å². The lowest BCUT2D eigenvalue weighted by atomic mass is 9.81. The number of pyridine rings is 1. The Labute approximate surface area is 175 Å². The molecule has 2 aromatic carbocycles. The number of aryl methyl sites for hydroxylation is 1. The van der Waals surface area contributed by atoms with E-state index >= 15 is 0 Å². The van der Waals surface area contributed by atoms with Crippen LogP contribution in [0.3, 0.4) is 0 Å². The molecule has 1 N–H and O–H groups in total. The first-order valence-corrected chi connectivity index (χ1v) is 10.2. The molecule has 0 spiro atoms. The molecular formula is C25H22N2O3. The van der Waals surface area contributed by atoms with E-state index in [1.165, 1.54) is 11.1 Å². The van der Waals surface area contributed by atoms with Crippen molar-refractivity contribution in [1.82, 2.24) is 9.97 Å². The molecule has 2 aromatic heterocycles. The number of fused-ring (bicyclic) bond motifs is 1. The number of aliphatic hydroxyl groups excluding tert-OH is 1. The van der Waals surface area contributed by atoms with Gasteiger partial charge in [-0.1, -0.05) is 30.3 Å². The third kappa shape index (κ3) is 3.84. The third-order valence-corrected chi connectivity index (χ3v) is 5.56. The maximum Gasteiger partial charge on any atom is 0.224 e. The summed E-state index contributed by atoms with van der Waals surface area (Å²) in [6.07, 6.45) is 5.13. The van der Waals surface area contributed by atoms with Crippen LogP contribution in [-0.2, 0) is 12.8 Å². The maximum atomic E-state index is 10.9. The number of para-hydroxylation sites is 1. The first kappa shape index (κ1) is 18.6. The van der Waals surface area contributed by atoms with Crippen LogP contribution in [0.2, 0.25) is 0 Å². The molecule has 5 heteroatoms. The number of aliphatic hydroxyl groups is 1. The summed E-state index contributed by atoms with van der Waals surface area (Å²) >= 11 is 0. The van der Waals surface area contributed by atoms with Crippen molar-refractivity contribution in [3.63, 3.8) is 0 Å². The monoisotopic (exact) mass is 398 g/mol. The summed E-state index contributed by atoms with van der Waals surface area (Å²) in [6.45, 7) is 0. The zero-order chi connectivity index (χ0) is 20.3. The van der Waals surface area contributed by atoms with Gasteiger partial charge in [0.1, 0.15) is 23.3 Å². The van der Waals surface area contributed by atoms with Crippen LogP contribution in [0.25, 0.3) is 11.5 Å². The average molecular weight is 398 g/mol. The van der Waals surface area contributed by atoms with Gasteiger partial charge in [0.2, 0.25) is 5.89 Å². The van der Waals surface area contributed by atoms with Crippen LogP contribution in [0.4, 0.5) is 0 Å². The number of benzene rings is 2. The number of nitrogens with zero attached hydrogens (tertiary/aromatic N) is 2. The lowest BCUT2D eigenvalue weighted by Crippen LogP contribution is -2.21. The minimum absolute atomic E-state index is 0.0635. The summed E-state index contributed by atoms with van der Waals surface area (Å²) in [4.78, 5) is 8.58. The molecular weight excluding hydrogens is 376 g/mol. The SMILES string of the molecule is O[C@H](c1ncc(-c2ccccn2)o1)[C@H]1CCc2cc(Oc3ccccc3)ccc2C1. The zero-order valence-electron chi connectivity index (χ0n) is 16.4. The molecule has 0 bridgehead atoms. The smallest absolute Gasteiger partial charge is 0.224 e. The topological polar surface area (TPSA) is 68.4 Å². The Kier molecular flexibility index (Phi) is 5.03. The van der Waals surface area contributed by atoms with Crippen molar-refractivity contribution < 1.29 is 14.3 Å². The minimum Gasteiger partial charge on any atom is -0.457 e. The Morgan fingerprint density at radius 1 is 0.933 bits per heavy atom. The van der Waals surface area contributed by atoms with Crippen molar-refractivity contribution >= 4 is 0 Å². The van der Waals surface area contributed by atoms with Crippen LogP contribution in [0, 0.1) is 5.92 Å². The first-order chi connectivity index (χ1) is 14.8. The van der Waals surface area contributed by atoms with Crippen molar-refractivity contribution in [1.29, 1.82) is 0 Å². The van der Waals surface area contributed by atoms with Gasteiger partial charge in [0.05, 0.1) is 6.20 Å². The Morgan fingerprint density at radius 3 is 2.63 bits per heavy atom. The van der Waals surface area contributed by atoms with E-state index in [9.17, 15) is 5.11 Å². The third-order valence-electron chi connectivity index (χ3n) is 5.56. The number of rotatable bonds is 5. The average Bonchev–Trinajstić information content (AvgIpc) is 3.30. The molecule has 0 aliphatic heterocycles. The molecule has 0 unspecified atom stereocenters. The molecule has 4 aromatic rings. The van der Waals surface area contributed by atoms with Crippen LogP contribution in [-0.4, -0.2) is 15.1 Å². The molecule has 5 rings (SSSR count). The molecule has 2 atom stereocenters. The fraction of sp³-hybridized carbons (Fsp3) is 0.200. The van der Waals surface area contributed by atoms with Gasteiger partial charge in [0.15, 0.2) is 5.76 Å². The van der Waals surface area contributed by atoms with Gasteiger partial charge in [-0.3, -0.25) is 4.98 Å². The van der Waals surface area contributed by atoms with E-state index in [4.69, 9.17) is 9.15 Å². The van der Waals surface area contributed by atoms with Gasteiger partial charge in [-0.25, -0.2) is 4.98 Å². The molecule has 2 heterocycles. The van der Waals surface area contributed by atoms with E-state index in [0.717, 1.165) is 30.8 Å². The van der Waals surface area contributed by atoms with Gasteiger partial charge in [0, 0.05) is 6.20 Å². The van der Waals surface area contributed by atoms with Crippen molar-refractivity contribution in [2.45, 2.75) is 25.4 Å². The van der Waals surface area contributed by atoms with Gasteiger partial charge in [-0.05, 0) is 72.7 Å². The second kappa shape index (κ2) is 8.13. The molecule has 0 amide bonds. The van der Waals surface area contributed by atoms with Crippen molar-refractivity contribution in [3.8, 4) is 23.0 Å². The van der Waals surface area contributed by atoms with E-state index in [2.05, 4.69) is 22.1 Å². The second-order valence-corrected chi connectivity index (χ2v) is 7.57. The summed E-state index contributed by atoms with van der Waals surface area (Å²) in [7, 11) is 0. The fourth-order valence-electron chi connectivity index (χ4n) is 3.97. The highest BCUT2D eigenvalue weighted by molar-refractivity contribution is 5.50. The summed E-state index contributed by atoms with van der Waals surface area (Å²) in [5.41, 5.74) is 3.22. The highest BCUT2D eigenvalue weighted by atomic mass is 16.5. The van der Waals surface area contributed by atoms with E-state index < -0.39 is 6.10 Å². The molecule has 0 saturated carbocycles. The normalized spacial score (nSPS) is 16.6. The molecule has 150 valence electrons. The second-order valence-electron chi connectivity index (χ2n) is 7.57. The quantitative estimate of drug-likeness (QED) is 0.490. The fourth-order valence-corrected chi connectivity index (χ4v) is 3.97. The molecule has 0 radical (unpaired) electrons. The first-order valence-electron chi connectivity index (χ1n) is 10.2. The van der Waals surface area contributed by atoms with Gasteiger partial charge in [-0.2, -0.15) is 0 Å². The largest absolute Gasteiger partial charge is 0.457 e. The van der Waals surface area contributed by atoms with Gasteiger partial charge >= 0.3 is 0 Å². The van der Waals surface area contributed by atoms with Gasteiger partial charge in [-0.15, -0.1) is 0 Å². The van der Waals surface area contributed by atoms with Crippen LogP contribution < -0.4 is 4.74 Å². The standard InChI is InChI=1S/C25H22N2O3/c28-24(25-27-16-23(30-25)22-8-4-5-13-26-22)19-10-9-18-15-21(12-11-17(18)14-19)29-20-6-2-1-3-7-20/h1-8,11-13,15-16,19,24,28H,9-10,14H2/t19-,24-/m0/s1. The van der Waals surface area contributed by atoms with Crippen LogP contribution >= 0.6 is 0 Å². The molecule has 5 nitrogen and oxygen atoms in total. The van der Waals surface area contributed by atoms with E-state index in [1.54, 1.807) is 12.4 Å². The summed E-state index contributed by atoms with van der Waals surface area (Å²) < 4.78 is 11.8. The number of ether oxygens (including phenoxy) is 1. The lowest BCUT2D eigenvalue weighted by Gasteiger charge is -2.27. The highest BCUT2D eigenvalue weighted by Crippen LogP contribution is 2.36. The predicted molar refractivity (Wildman–Crippen MR) is 113 cm³/mol. The maximum absolute atomic E-state index is 10.9. The Balaban J connectivity index is 1.29. The van der Waals surface area contributed by atoms with Crippen molar-refractivity contribution in [2.75, 3.05) is 0 Å². The summed E-state index contributed by atoms with van der Waals surface area (Å²) in [5, 5.41) is 10.9. The van der Waals surface area contributed by atoms with Gasteiger partial charge < -0.3 is 14.3 Å². The summed E-state index contributed by atoms with van der Waals surface area (Å²) in [5.74, 6) is 2.66. The molecule has 30 heavy (non-hydrogen) atoms. The zero-order valence-corrected chi connectivity index (χ0v) is 16.4. The number of aromatic nitrogens is 2. The minimum atomic E-state index is -0.740. The van der Waals surface area contributed by atoms with Crippen LogP contribution in [0.5, 0.6) is 11.5 Å². The lowest BCUT2D eigenvalue weighted by molar-refractivity contribution is 0.0737. The van der Waals surface area contributed by atoms with Crippen LogP contribution in [0.15, 0.2) is 83.5 Å². The number of hydrogen-bond acceptors (Lipinski definition) is 5. The Bertz CT molecular complexity index is 1130. The molecule has 1 aliphatic carbocycles. The highest BCUT2D eigenvalue weighted by Gasteiger charge is 2.29. The summed E-state index contributed by atoms with van der Waals surface area (Å²) in [6, 6.07) is 21.6. The van der Waals surface area contributed by atoms with Crippen molar-refractivity contribution in [3.05, 3.63) is 96.1 Å². The molecule has 0 saturated heterocycles. The Hall–Kier alpha value is -3.44. The number of hydrogen-bond donors (Lipinski definition) is 1.